The second-order valence-electron chi connectivity index (χ2n) is 4.74. The highest BCUT2D eigenvalue weighted by Gasteiger charge is 2.27. The van der Waals surface area contributed by atoms with Crippen LogP contribution in [0.1, 0.15) is 25.7 Å². The van der Waals surface area contributed by atoms with Crippen molar-refractivity contribution in [3.8, 4) is 0 Å². The molecule has 2 fully saturated rings. The number of piperidine rings is 1. The third-order valence-corrected chi connectivity index (χ3v) is 3.41. The van der Waals surface area contributed by atoms with Crippen molar-refractivity contribution in [2.24, 2.45) is 0 Å². The fraction of sp³-hybridized carbons (Fsp3) is 0.909. The number of carbonyl (C=O) groups excluding carboxylic acids is 1. The van der Waals surface area contributed by atoms with Crippen LogP contribution in [0.3, 0.4) is 0 Å². The van der Waals surface area contributed by atoms with Crippen molar-refractivity contribution >= 4 is 5.91 Å². The fourth-order valence-corrected chi connectivity index (χ4v) is 2.33. The van der Waals surface area contributed by atoms with Crippen LogP contribution in [0.25, 0.3) is 0 Å². The molecule has 2 heterocycles. The highest BCUT2D eigenvalue weighted by Crippen LogP contribution is 2.12. The van der Waals surface area contributed by atoms with Crippen molar-refractivity contribution < 1.29 is 14.4 Å². The molecule has 0 aromatic carbocycles. The molecule has 86 valence electrons. The van der Waals surface area contributed by atoms with Crippen LogP contribution >= 0.6 is 0 Å². The van der Waals surface area contributed by atoms with Gasteiger partial charge in [0.1, 0.15) is 6.10 Å². The van der Waals surface area contributed by atoms with E-state index in [1.54, 1.807) is 4.90 Å². The molecule has 4 nitrogen and oxygen atoms in total. The smallest absolute Gasteiger partial charge is 0.249 e. The van der Waals surface area contributed by atoms with Crippen LogP contribution in [0, 0.1) is 0 Å². The number of hydrogen-bond donors (Lipinski definition) is 2. The Morgan fingerprint density at radius 3 is 2.67 bits per heavy atom. The summed E-state index contributed by atoms with van der Waals surface area (Å²) in [5.74, 6) is 0.108. The molecule has 0 radical (unpaired) electrons. The Balaban J connectivity index is 1.74. The lowest BCUT2D eigenvalue weighted by Crippen LogP contribution is -3.10. The monoisotopic (exact) mass is 213 g/mol. The SMILES string of the molecule is C[NH+]1CCC(NC(=O)[C@@H]2CCCO2)CC1. The van der Waals surface area contributed by atoms with E-state index in [2.05, 4.69) is 12.4 Å². The van der Waals surface area contributed by atoms with Crippen molar-refractivity contribution in [1.29, 1.82) is 0 Å². The zero-order valence-electron chi connectivity index (χ0n) is 9.42. The molecule has 2 aliphatic heterocycles. The summed E-state index contributed by atoms with van der Waals surface area (Å²) in [5, 5.41) is 3.10. The molecular weight excluding hydrogens is 192 g/mol. The molecule has 0 aliphatic carbocycles. The lowest BCUT2D eigenvalue weighted by Gasteiger charge is -2.27. The van der Waals surface area contributed by atoms with E-state index in [-0.39, 0.29) is 12.0 Å². The van der Waals surface area contributed by atoms with Gasteiger partial charge in [-0.05, 0) is 12.8 Å². The predicted octanol–water partition coefficient (Wildman–Crippen LogP) is -1.04. The van der Waals surface area contributed by atoms with Gasteiger partial charge in [-0.3, -0.25) is 4.79 Å². The number of nitrogens with one attached hydrogen (secondary N) is 2. The fourth-order valence-electron chi connectivity index (χ4n) is 2.33. The number of ether oxygens (including phenoxy) is 1. The first kappa shape index (κ1) is 10.9. The van der Waals surface area contributed by atoms with Crippen molar-refractivity contribution in [2.75, 3.05) is 26.7 Å². The van der Waals surface area contributed by atoms with Gasteiger partial charge in [0.15, 0.2) is 0 Å². The summed E-state index contributed by atoms with van der Waals surface area (Å²) in [7, 11) is 2.21. The van der Waals surface area contributed by atoms with Gasteiger partial charge in [0, 0.05) is 25.5 Å². The Morgan fingerprint density at radius 1 is 1.33 bits per heavy atom. The van der Waals surface area contributed by atoms with E-state index in [9.17, 15) is 4.79 Å². The molecule has 0 unspecified atom stereocenters. The molecule has 0 bridgehead atoms. The van der Waals surface area contributed by atoms with Crippen LogP contribution in [-0.2, 0) is 9.53 Å². The van der Waals surface area contributed by atoms with Gasteiger partial charge in [-0.1, -0.05) is 0 Å². The molecule has 2 saturated heterocycles. The highest BCUT2D eigenvalue weighted by atomic mass is 16.5. The average molecular weight is 213 g/mol. The summed E-state index contributed by atoms with van der Waals surface area (Å²) < 4.78 is 5.36. The van der Waals surface area contributed by atoms with E-state index in [4.69, 9.17) is 4.74 Å². The summed E-state index contributed by atoms with van der Waals surface area (Å²) in [4.78, 5) is 13.3. The summed E-state index contributed by atoms with van der Waals surface area (Å²) >= 11 is 0. The molecule has 1 atom stereocenters. The molecular formula is C11H21N2O2+. The van der Waals surface area contributed by atoms with Gasteiger partial charge in [-0.25, -0.2) is 0 Å². The first-order chi connectivity index (χ1) is 7.25. The highest BCUT2D eigenvalue weighted by molar-refractivity contribution is 5.81. The maximum atomic E-state index is 11.8. The topological polar surface area (TPSA) is 42.8 Å². The molecule has 2 aliphatic rings. The maximum Gasteiger partial charge on any atom is 0.249 e. The second-order valence-corrected chi connectivity index (χ2v) is 4.74. The van der Waals surface area contributed by atoms with Crippen LogP contribution in [0.2, 0.25) is 0 Å². The summed E-state index contributed by atoms with van der Waals surface area (Å²) in [6.45, 7) is 3.07. The molecule has 15 heavy (non-hydrogen) atoms. The zero-order valence-corrected chi connectivity index (χ0v) is 9.42. The minimum Gasteiger partial charge on any atom is -0.368 e. The predicted molar refractivity (Wildman–Crippen MR) is 56.8 cm³/mol. The van der Waals surface area contributed by atoms with E-state index >= 15 is 0 Å². The van der Waals surface area contributed by atoms with Gasteiger partial charge >= 0.3 is 0 Å². The van der Waals surface area contributed by atoms with E-state index in [1.807, 2.05) is 0 Å². The minimum absolute atomic E-state index is 0.108. The number of hydrogen-bond acceptors (Lipinski definition) is 2. The van der Waals surface area contributed by atoms with Gasteiger partial charge < -0.3 is 15.0 Å². The maximum absolute atomic E-state index is 11.8. The Kier molecular flexibility index (Phi) is 3.59. The lowest BCUT2D eigenvalue weighted by atomic mass is 10.1. The first-order valence-electron chi connectivity index (χ1n) is 5.99. The van der Waals surface area contributed by atoms with Crippen molar-refractivity contribution in [2.45, 2.75) is 37.8 Å². The molecule has 4 heteroatoms. The summed E-state index contributed by atoms with van der Waals surface area (Å²) in [6, 6.07) is 0.380. The number of likely N-dealkylation sites (tertiary alicyclic amines) is 1. The third-order valence-electron chi connectivity index (χ3n) is 3.41. The van der Waals surface area contributed by atoms with Crippen LogP contribution in [-0.4, -0.2) is 44.8 Å². The van der Waals surface area contributed by atoms with E-state index in [0.29, 0.717) is 6.04 Å². The Labute approximate surface area is 91.0 Å². The Bertz CT molecular complexity index is 219. The molecule has 0 aromatic rings. The van der Waals surface area contributed by atoms with Gasteiger partial charge in [0.25, 0.3) is 0 Å². The number of amides is 1. The molecule has 2 rings (SSSR count). The first-order valence-corrected chi connectivity index (χ1v) is 5.99. The number of rotatable bonds is 2. The van der Waals surface area contributed by atoms with E-state index in [0.717, 1.165) is 45.4 Å². The largest absolute Gasteiger partial charge is 0.368 e. The normalized spacial score (nSPS) is 36.5. The van der Waals surface area contributed by atoms with Gasteiger partial charge in [-0.2, -0.15) is 0 Å². The van der Waals surface area contributed by atoms with Crippen LogP contribution in [0.5, 0.6) is 0 Å². The van der Waals surface area contributed by atoms with Crippen molar-refractivity contribution in [1.82, 2.24) is 5.32 Å². The quantitative estimate of drug-likeness (QED) is 0.615. The summed E-state index contributed by atoms with van der Waals surface area (Å²) in [6.07, 6.45) is 3.95. The molecule has 0 saturated carbocycles. The number of quaternary nitrogens is 1. The lowest BCUT2D eigenvalue weighted by molar-refractivity contribution is -0.884. The van der Waals surface area contributed by atoms with Crippen molar-refractivity contribution in [3.63, 3.8) is 0 Å². The minimum atomic E-state index is -0.169. The van der Waals surface area contributed by atoms with Gasteiger partial charge in [-0.15, -0.1) is 0 Å². The Morgan fingerprint density at radius 2 is 2.07 bits per heavy atom. The van der Waals surface area contributed by atoms with Crippen LogP contribution in [0.15, 0.2) is 0 Å². The van der Waals surface area contributed by atoms with Crippen molar-refractivity contribution in [3.05, 3.63) is 0 Å². The average Bonchev–Trinajstić information content (AvgIpc) is 2.74. The molecule has 0 aromatic heterocycles. The summed E-state index contributed by atoms with van der Waals surface area (Å²) in [5.41, 5.74) is 0. The second kappa shape index (κ2) is 4.94. The molecule has 0 spiro atoms. The zero-order chi connectivity index (χ0) is 10.7. The van der Waals surface area contributed by atoms with Crippen LogP contribution in [0.4, 0.5) is 0 Å². The van der Waals surface area contributed by atoms with E-state index in [1.165, 1.54) is 0 Å². The third kappa shape index (κ3) is 2.92. The molecule has 2 N–H and O–H groups in total. The molecule has 1 amide bonds. The van der Waals surface area contributed by atoms with E-state index < -0.39 is 0 Å². The standard InChI is InChI=1S/C11H20N2O2/c1-13-6-4-9(5-7-13)12-11(14)10-3-2-8-15-10/h9-10H,2-8H2,1H3,(H,12,14)/p+1/t10-/m0/s1. The Hall–Kier alpha value is -0.610. The van der Waals surface area contributed by atoms with Gasteiger partial charge in [0.2, 0.25) is 5.91 Å². The van der Waals surface area contributed by atoms with Crippen LogP contribution < -0.4 is 10.2 Å². The number of carbonyl (C=O) groups is 1. The van der Waals surface area contributed by atoms with Gasteiger partial charge in [0.05, 0.1) is 20.1 Å².